The number of ether oxygens (including phenoxy) is 4. The molecule has 9 nitrogen and oxygen atoms in total. The summed E-state index contributed by atoms with van der Waals surface area (Å²) in [5.74, 6) is 0.414. The van der Waals surface area contributed by atoms with Crippen molar-refractivity contribution in [3.8, 4) is 17.2 Å². The van der Waals surface area contributed by atoms with E-state index >= 15 is 0 Å². The molecule has 0 fully saturated rings. The van der Waals surface area contributed by atoms with E-state index in [-0.39, 0.29) is 13.0 Å². The summed E-state index contributed by atoms with van der Waals surface area (Å²) in [6, 6.07) is 11.5. The van der Waals surface area contributed by atoms with Gasteiger partial charge in [0.2, 0.25) is 0 Å². The minimum absolute atomic E-state index is 0.0228. The summed E-state index contributed by atoms with van der Waals surface area (Å²) in [4.78, 5) is 35.4. The van der Waals surface area contributed by atoms with Crippen molar-refractivity contribution in [1.29, 1.82) is 0 Å². The van der Waals surface area contributed by atoms with Gasteiger partial charge in [-0.05, 0) is 30.7 Å². The second-order valence-corrected chi connectivity index (χ2v) is 6.39. The molecule has 1 aliphatic rings. The van der Waals surface area contributed by atoms with Crippen molar-refractivity contribution >= 4 is 23.6 Å². The fourth-order valence-electron chi connectivity index (χ4n) is 2.63. The molecular weight excluding hydrogens is 392 g/mol. The lowest BCUT2D eigenvalue weighted by atomic mass is 10.2. The normalized spacial score (nSPS) is 11.9. The Kier molecular flexibility index (Phi) is 7.09. The van der Waals surface area contributed by atoms with Crippen LogP contribution >= 0.6 is 0 Å². The molecule has 0 bridgehead atoms. The Morgan fingerprint density at radius 1 is 1.03 bits per heavy atom. The molecule has 0 radical (unpaired) electrons. The first-order valence-electron chi connectivity index (χ1n) is 9.36. The van der Waals surface area contributed by atoms with Gasteiger partial charge in [0.15, 0.2) is 18.1 Å². The first kappa shape index (κ1) is 21.0. The number of imide groups is 1. The Morgan fingerprint density at radius 2 is 1.80 bits per heavy atom. The fourth-order valence-corrected chi connectivity index (χ4v) is 2.63. The second-order valence-electron chi connectivity index (χ2n) is 6.39. The predicted molar refractivity (Wildman–Crippen MR) is 107 cm³/mol. The number of aryl methyl sites for hydroxylation is 1. The third-order valence-electron chi connectivity index (χ3n) is 4.07. The first-order valence-corrected chi connectivity index (χ1v) is 9.36. The summed E-state index contributed by atoms with van der Waals surface area (Å²) in [5, 5.41) is 4.59. The zero-order chi connectivity index (χ0) is 21.3. The number of hydrogen-bond donors (Lipinski definition) is 2. The van der Waals surface area contributed by atoms with Gasteiger partial charge in [-0.15, -0.1) is 0 Å². The standard InChI is InChI=1S/C21H22N2O7/c1-14-4-2-3-5-16(14)27-9-8-20(25)30-13-19(24)23-21(26)22-15-6-7-17-18(12-15)29-11-10-28-17/h2-7,12H,8-11,13H2,1H3,(H2,22,23,24,26). The molecule has 2 aromatic rings. The average Bonchev–Trinajstić information content (AvgIpc) is 2.73. The number of anilines is 1. The molecule has 30 heavy (non-hydrogen) atoms. The lowest BCUT2D eigenvalue weighted by Gasteiger charge is -2.19. The van der Waals surface area contributed by atoms with Crippen LogP contribution in [-0.2, 0) is 14.3 Å². The molecule has 0 spiro atoms. The maximum absolute atomic E-state index is 11.9. The van der Waals surface area contributed by atoms with Crippen LogP contribution in [0.1, 0.15) is 12.0 Å². The molecule has 0 aliphatic carbocycles. The number of para-hydroxylation sites is 1. The molecule has 9 heteroatoms. The first-order chi connectivity index (χ1) is 14.5. The van der Waals surface area contributed by atoms with Gasteiger partial charge in [0.1, 0.15) is 19.0 Å². The number of esters is 1. The summed E-state index contributed by atoms with van der Waals surface area (Å²) < 4.78 is 21.2. The van der Waals surface area contributed by atoms with Crippen LogP contribution in [0.15, 0.2) is 42.5 Å². The number of hydrogen-bond acceptors (Lipinski definition) is 7. The summed E-state index contributed by atoms with van der Waals surface area (Å²) >= 11 is 0. The maximum atomic E-state index is 11.9. The fraction of sp³-hybridized carbons (Fsp3) is 0.286. The lowest BCUT2D eigenvalue weighted by molar-refractivity contribution is -0.148. The van der Waals surface area contributed by atoms with E-state index in [9.17, 15) is 14.4 Å². The molecule has 1 aliphatic heterocycles. The van der Waals surface area contributed by atoms with Gasteiger partial charge in [-0.1, -0.05) is 18.2 Å². The number of nitrogens with one attached hydrogen (secondary N) is 2. The van der Waals surface area contributed by atoms with Crippen LogP contribution in [0.5, 0.6) is 17.2 Å². The SMILES string of the molecule is Cc1ccccc1OCCC(=O)OCC(=O)NC(=O)Nc1ccc2c(c1)OCCO2. The zero-order valence-corrected chi connectivity index (χ0v) is 16.4. The number of fused-ring (bicyclic) bond motifs is 1. The zero-order valence-electron chi connectivity index (χ0n) is 16.4. The van der Waals surface area contributed by atoms with Gasteiger partial charge in [0.05, 0.1) is 13.0 Å². The van der Waals surface area contributed by atoms with Gasteiger partial charge in [-0.3, -0.25) is 14.9 Å². The van der Waals surface area contributed by atoms with Crippen molar-refractivity contribution in [2.75, 3.05) is 31.7 Å². The van der Waals surface area contributed by atoms with Crippen LogP contribution in [0, 0.1) is 6.92 Å². The van der Waals surface area contributed by atoms with Crippen molar-refractivity contribution in [1.82, 2.24) is 5.32 Å². The van der Waals surface area contributed by atoms with Gasteiger partial charge in [0.25, 0.3) is 5.91 Å². The Labute approximate surface area is 173 Å². The highest BCUT2D eigenvalue weighted by atomic mass is 16.6. The summed E-state index contributed by atoms with van der Waals surface area (Å²) in [5.41, 5.74) is 1.38. The highest BCUT2D eigenvalue weighted by molar-refractivity contribution is 6.02. The van der Waals surface area contributed by atoms with Gasteiger partial charge in [0, 0.05) is 11.8 Å². The van der Waals surface area contributed by atoms with Gasteiger partial charge < -0.3 is 24.3 Å². The second kappa shape index (κ2) is 10.1. The largest absolute Gasteiger partial charge is 0.493 e. The van der Waals surface area contributed by atoms with Crippen LogP contribution < -0.4 is 24.8 Å². The molecule has 3 rings (SSSR count). The highest BCUT2D eigenvalue weighted by Gasteiger charge is 2.15. The Balaban J connectivity index is 1.35. The molecule has 0 atom stereocenters. The Hall–Kier alpha value is -3.75. The third-order valence-corrected chi connectivity index (χ3v) is 4.07. The van der Waals surface area contributed by atoms with E-state index in [2.05, 4.69) is 10.6 Å². The van der Waals surface area contributed by atoms with Crippen LogP contribution in [0.4, 0.5) is 10.5 Å². The predicted octanol–water partition coefficient (Wildman–Crippen LogP) is 2.43. The number of carbonyl (C=O) groups is 3. The van der Waals surface area contributed by atoms with E-state index < -0.39 is 24.5 Å². The Bertz CT molecular complexity index is 929. The average molecular weight is 414 g/mol. The van der Waals surface area contributed by atoms with Crippen molar-refractivity contribution in [3.05, 3.63) is 48.0 Å². The van der Waals surface area contributed by atoms with E-state index in [4.69, 9.17) is 18.9 Å². The van der Waals surface area contributed by atoms with Crippen LogP contribution in [-0.4, -0.2) is 44.3 Å². The molecule has 158 valence electrons. The number of rotatable bonds is 7. The van der Waals surface area contributed by atoms with Crippen molar-refractivity contribution in [2.24, 2.45) is 0 Å². The summed E-state index contributed by atoms with van der Waals surface area (Å²) in [6.45, 7) is 2.33. The van der Waals surface area contributed by atoms with E-state index in [0.29, 0.717) is 36.1 Å². The molecule has 1 heterocycles. The van der Waals surface area contributed by atoms with Gasteiger partial charge >= 0.3 is 12.0 Å². The molecule has 3 amide bonds. The van der Waals surface area contributed by atoms with E-state index in [0.717, 1.165) is 5.56 Å². The summed E-state index contributed by atoms with van der Waals surface area (Å²) in [6.07, 6.45) is -0.0228. The smallest absolute Gasteiger partial charge is 0.325 e. The number of urea groups is 1. The molecule has 2 N–H and O–H groups in total. The lowest BCUT2D eigenvalue weighted by Crippen LogP contribution is -2.37. The molecule has 0 saturated carbocycles. The van der Waals surface area contributed by atoms with Crippen molar-refractivity contribution in [2.45, 2.75) is 13.3 Å². The molecule has 0 saturated heterocycles. The molecular formula is C21H22N2O7. The minimum atomic E-state index is -0.754. The number of carbonyl (C=O) groups excluding carboxylic acids is 3. The van der Waals surface area contributed by atoms with Crippen molar-refractivity contribution < 1.29 is 33.3 Å². The molecule has 0 unspecified atom stereocenters. The number of amides is 3. The van der Waals surface area contributed by atoms with E-state index in [1.165, 1.54) is 0 Å². The topological polar surface area (TPSA) is 112 Å². The Morgan fingerprint density at radius 3 is 2.60 bits per heavy atom. The maximum Gasteiger partial charge on any atom is 0.325 e. The van der Waals surface area contributed by atoms with Gasteiger partial charge in [-0.2, -0.15) is 0 Å². The van der Waals surface area contributed by atoms with Gasteiger partial charge in [-0.25, -0.2) is 4.79 Å². The van der Waals surface area contributed by atoms with Crippen LogP contribution in [0.3, 0.4) is 0 Å². The number of benzene rings is 2. The molecule has 0 aromatic heterocycles. The summed E-state index contributed by atoms with van der Waals surface area (Å²) in [7, 11) is 0. The highest BCUT2D eigenvalue weighted by Crippen LogP contribution is 2.32. The third kappa shape index (κ3) is 6.13. The van der Waals surface area contributed by atoms with E-state index in [1.54, 1.807) is 24.3 Å². The monoisotopic (exact) mass is 414 g/mol. The van der Waals surface area contributed by atoms with E-state index in [1.807, 2.05) is 25.1 Å². The van der Waals surface area contributed by atoms with Crippen LogP contribution in [0.2, 0.25) is 0 Å². The minimum Gasteiger partial charge on any atom is -0.493 e. The van der Waals surface area contributed by atoms with Crippen LogP contribution in [0.25, 0.3) is 0 Å². The van der Waals surface area contributed by atoms with Crippen molar-refractivity contribution in [3.63, 3.8) is 0 Å². The quantitative estimate of drug-likeness (QED) is 0.669. The molecule has 2 aromatic carbocycles.